The topological polar surface area (TPSA) is 64.2 Å². The molecule has 1 saturated carbocycles. The fourth-order valence-electron chi connectivity index (χ4n) is 3.14. The number of hydrogen-bond donors (Lipinski definition) is 0. The van der Waals surface area contributed by atoms with Gasteiger partial charge in [0.05, 0.1) is 18.1 Å². The minimum Gasteiger partial charge on any atom is -0.467 e. The van der Waals surface area contributed by atoms with E-state index < -0.39 is 0 Å². The van der Waals surface area contributed by atoms with Gasteiger partial charge >= 0.3 is 0 Å². The first-order valence-corrected chi connectivity index (χ1v) is 9.51. The average Bonchev–Trinajstić information content (AvgIpc) is 3.00. The second kappa shape index (κ2) is 6.63. The lowest BCUT2D eigenvalue weighted by molar-refractivity contribution is -0.129. The molecule has 1 atom stereocenters. The first kappa shape index (κ1) is 15.7. The lowest BCUT2D eigenvalue weighted by Gasteiger charge is -2.19. The number of hydrogen-bond acceptors (Lipinski definition) is 5. The number of furan rings is 1. The minimum atomic E-state index is -0.144. The summed E-state index contributed by atoms with van der Waals surface area (Å²) in [4.78, 5) is 14.5. The molecule has 1 saturated heterocycles. The Hall–Kier alpha value is -1.76. The fraction of sp³-hybridized carbons (Fsp3) is 0.588. The lowest BCUT2D eigenvalue weighted by Crippen LogP contribution is -2.34. The van der Waals surface area contributed by atoms with Gasteiger partial charge in [0, 0.05) is 19.0 Å². The maximum Gasteiger partial charge on any atom is 0.235 e. The Balaban J connectivity index is 1.52. The first-order chi connectivity index (χ1) is 11.7. The Kier molecular flexibility index (Phi) is 4.35. The van der Waals surface area contributed by atoms with E-state index in [1.54, 1.807) is 6.26 Å². The predicted octanol–water partition coefficient (Wildman–Crippen LogP) is 2.90. The van der Waals surface area contributed by atoms with Crippen molar-refractivity contribution >= 4 is 17.7 Å². The fourth-order valence-corrected chi connectivity index (χ4v) is 4.08. The van der Waals surface area contributed by atoms with E-state index in [1.165, 1.54) is 24.6 Å². The van der Waals surface area contributed by atoms with E-state index in [0.29, 0.717) is 12.5 Å². The molecule has 128 valence electrons. The largest absolute Gasteiger partial charge is 0.467 e. The molecule has 1 unspecified atom stereocenters. The van der Waals surface area contributed by atoms with Crippen LogP contribution in [0.3, 0.4) is 0 Å². The Morgan fingerprint density at radius 1 is 1.38 bits per heavy atom. The van der Waals surface area contributed by atoms with Gasteiger partial charge in [0.2, 0.25) is 5.91 Å². The van der Waals surface area contributed by atoms with Crippen LogP contribution in [0.5, 0.6) is 0 Å². The third kappa shape index (κ3) is 3.22. The molecule has 0 N–H and O–H groups in total. The first-order valence-electron chi connectivity index (χ1n) is 8.63. The molecule has 0 spiro atoms. The van der Waals surface area contributed by atoms with Crippen LogP contribution in [0.1, 0.15) is 50.1 Å². The maximum atomic E-state index is 12.6. The smallest absolute Gasteiger partial charge is 0.235 e. The summed E-state index contributed by atoms with van der Waals surface area (Å²) in [6.07, 6.45) is 6.25. The standard InChI is InChI=1S/C17H22N4O2S/c1-12(16(22)20-8-2-3-9-20)24-17-19-18-15(13-6-7-13)21(17)11-14-5-4-10-23-14/h4-5,10,12-13H,2-3,6-9,11H2,1H3. The average molecular weight is 346 g/mol. The van der Waals surface area contributed by atoms with Crippen molar-refractivity contribution < 1.29 is 9.21 Å². The summed E-state index contributed by atoms with van der Waals surface area (Å²) in [6.45, 7) is 4.36. The molecule has 24 heavy (non-hydrogen) atoms. The molecular formula is C17H22N4O2S. The Labute approximate surface area is 145 Å². The van der Waals surface area contributed by atoms with Gasteiger partial charge in [-0.3, -0.25) is 9.36 Å². The zero-order valence-electron chi connectivity index (χ0n) is 13.9. The van der Waals surface area contributed by atoms with Gasteiger partial charge in [0.25, 0.3) is 0 Å². The van der Waals surface area contributed by atoms with Gasteiger partial charge in [-0.25, -0.2) is 0 Å². The number of aromatic nitrogens is 3. The Morgan fingerprint density at radius 2 is 2.17 bits per heavy atom. The van der Waals surface area contributed by atoms with E-state index >= 15 is 0 Å². The molecule has 7 heteroatoms. The maximum absolute atomic E-state index is 12.6. The van der Waals surface area contributed by atoms with Crippen LogP contribution in [0.25, 0.3) is 0 Å². The monoisotopic (exact) mass is 346 g/mol. The van der Waals surface area contributed by atoms with E-state index in [2.05, 4.69) is 14.8 Å². The number of carbonyl (C=O) groups is 1. The highest BCUT2D eigenvalue weighted by Gasteiger charge is 2.32. The molecule has 6 nitrogen and oxygen atoms in total. The van der Waals surface area contributed by atoms with Crippen molar-refractivity contribution in [2.75, 3.05) is 13.1 Å². The second-order valence-corrected chi connectivity index (χ2v) is 7.88. The van der Waals surface area contributed by atoms with Gasteiger partial charge in [0.15, 0.2) is 5.16 Å². The number of amides is 1. The van der Waals surface area contributed by atoms with E-state index in [4.69, 9.17) is 4.42 Å². The van der Waals surface area contributed by atoms with Crippen LogP contribution in [0, 0.1) is 0 Å². The van der Waals surface area contributed by atoms with Crippen LogP contribution in [-0.4, -0.2) is 43.9 Å². The summed E-state index contributed by atoms with van der Waals surface area (Å²) in [7, 11) is 0. The van der Waals surface area contributed by atoms with Gasteiger partial charge < -0.3 is 9.32 Å². The molecule has 0 radical (unpaired) electrons. The number of thioether (sulfide) groups is 1. The van der Waals surface area contributed by atoms with Crippen LogP contribution in [-0.2, 0) is 11.3 Å². The lowest BCUT2D eigenvalue weighted by atomic mass is 10.3. The zero-order chi connectivity index (χ0) is 16.5. The highest BCUT2D eigenvalue weighted by atomic mass is 32.2. The summed E-state index contributed by atoms with van der Waals surface area (Å²) in [5, 5.41) is 9.43. The summed E-state index contributed by atoms with van der Waals surface area (Å²) in [6, 6.07) is 3.85. The highest BCUT2D eigenvalue weighted by Crippen LogP contribution is 2.40. The third-order valence-corrected chi connectivity index (χ3v) is 5.70. The molecule has 3 heterocycles. The van der Waals surface area contributed by atoms with E-state index in [9.17, 15) is 4.79 Å². The van der Waals surface area contributed by atoms with Gasteiger partial charge in [-0.1, -0.05) is 11.8 Å². The number of rotatable bonds is 6. The molecule has 0 bridgehead atoms. The van der Waals surface area contributed by atoms with E-state index in [-0.39, 0.29) is 11.2 Å². The molecule has 1 aliphatic heterocycles. The van der Waals surface area contributed by atoms with Crippen molar-refractivity contribution in [2.45, 2.75) is 55.5 Å². The van der Waals surface area contributed by atoms with Gasteiger partial charge in [-0.2, -0.15) is 0 Å². The SMILES string of the molecule is CC(Sc1nnc(C2CC2)n1Cc1ccco1)C(=O)N1CCCC1. The quantitative estimate of drug-likeness (QED) is 0.753. The molecule has 2 aromatic rings. The van der Waals surface area contributed by atoms with Crippen LogP contribution < -0.4 is 0 Å². The number of likely N-dealkylation sites (tertiary alicyclic amines) is 1. The van der Waals surface area contributed by atoms with E-state index in [0.717, 1.165) is 42.7 Å². The molecular weight excluding hydrogens is 324 g/mol. The minimum absolute atomic E-state index is 0.144. The van der Waals surface area contributed by atoms with Crippen molar-refractivity contribution in [3.05, 3.63) is 30.0 Å². The Morgan fingerprint density at radius 3 is 2.83 bits per heavy atom. The van der Waals surface area contributed by atoms with Gasteiger partial charge in [-0.15, -0.1) is 10.2 Å². The molecule has 0 aromatic carbocycles. The molecule has 1 amide bonds. The van der Waals surface area contributed by atoms with E-state index in [1.807, 2.05) is 24.0 Å². The van der Waals surface area contributed by atoms with Crippen molar-refractivity contribution in [2.24, 2.45) is 0 Å². The summed E-state index contributed by atoms with van der Waals surface area (Å²) in [5.74, 6) is 2.62. The normalized spacial score (nSPS) is 19.0. The van der Waals surface area contributed by atoms with Crippen LogP contribution in [0.4, 0.5) is 0 Å². The van der Waals surface area contributed by atoms with Crippen LogP contribution >= 0.6 is 11.8 Å². The highest BCUT2D eigenvalue weighted by molar-refractivity contribution is 8.00. The summed E-state index contributed by atoms with van der Waals surface area (Å²) >= 11 is 1.51. The Bertz CT molecular complexity index is 702. The van der Waals surface area contributed by atoms with Crippen LogP contribution in [0.2, 0.25) is 0 Å². The zero-order valence-corrected chi connectivity index (χ0v) is 14.7. The molecule has 2 aromatic heterocycles. The molecule has 4 rings (SSSR count). The van der Waals surface area contributed by atoms with Crippen molar-refractivity contribution in [1.82, 2.24) is 19.7 Å². The van der Waals surface area contributed by atoms with Crippen LogP contribution in [0.15, 0.2) is 28.0 Å². The molecule has 2 aliphatic rings. The number of nitrogens with zero attached hydrogens (tertiary/aromatic N) is 4. The molecule has 2 fully saturated rings. The van der Waals surface area contributed by atoms with Gasteiger partial charge in [-0.05, 0) is 44.7 Å². The van der Waals surface area contributed by atoms with Gasteiger partial charge in [0.1, 0.15) is 11.6 Å². The third-order valence-electron chi connectivity index (χ3n) is 4.63. The molecule has 1 aliphatic carbocycles. The van der Waals surface area contributed by atoms with Crippen molar-refractivity contribution in [3.63, 3.8) is 0 Å². The number of carbonyl (C=O) groups excluding carboxylic acids is 1. The van der Waals surface area contributed by atoms with Crippen molar-refractivity contribution in [1.29, 1.82) is 0 Å². The summed E-state index contributed by atoms with van der Waals surface area (Å²) in [5.41, 5.74) is 0. The second-order valence-electron chi connectivity index (χ2n) is 6.57. The van der Waals surface area contributed by atoms with Crippen molar-refractivity contribution in [3.8, 4) is 0 Å². The summed E-state index contributed by atoms with van der Waals surface area (Å²) < 4.78 is 7.61. The predicted molar refractivity (Wildman–Crippen MR) is 90.9 cm³/mol.